The third-order valence-electron chi connectivity index (χ3n) is 4.27. The second-order valence-electron chi connectivity index (χ2n) is 5.96. The summed E-state index contributed by atoms with van der Waals surface area (Å²) in [6, 6.07) is 23.9. The second kappa shape index (κ2) is 8.27. The summed E-state index contributed by atoms with van der Waals surface area (Å²) in [4.78, 5) is 0.246. The summed E-state index contributed by atoms with van der Waals surface area (Å²) in [6.45, 7) is 4.61. The molecule has 3 aromatic carbocycles. The van der Waals surface area contributed by atoms with Crippen molar-refractivity contribution in [2.75, 3.05) is 17.5 Å². The highest BCUT2D eigenvalue weighted by molar-refractivity contribution is 7.92. The molecule has 3 rings (SSSR count). The number of rotatable bonds is 7. The fourth-order valence-electron chi connectivity index (χ4n) is 3.02. The zero-order valence-corrected chi connectivity index (χ0v) is 16.3. The molecule has 0 aromatic heterocycles. The highest BCUT2D eigenvalue weighted by atomic mass is 32.2. The molecular weight excluding hydrogens is 358 g/mol. The van der Waals surface area contributed by atoms with Crippen LogP contribution in [0.4, 0.5) is 5.69 Å². The van der Waals surface area contributed by atoms with Gasteiger partial charge in [0.05, 0.1) is 17.2 Å². The molecule has 0 N–H and O–H groups in total. The van der Waals surface area contributed by atoms with Crippen molar-refractivity contribution in [3.05, 3.63) is 78.9 Å². The maximum absolute atomic E-state index is 13.3. The number of hydrogen-bond donors (Lipinski definition) is 0. The Bertz CT molecular complexity index is 984. The summed E-state index contributed by atoms with van der Waals surface area (Å²) in [5.41, 5.74) is 2.53. The molecule has 27 heavy (non-hydrogen) atoms. The van der Waals surface area contributed by atoms with Crippen molar-refractivity contribution >= 4 is 15.7 Å². The van der Waals surface area contributed by atoms with Crippen molar-refractivity contribution in [3.8, 4) is 16.9 Å². The Kier molecular flexibility index (Phi) is 5.81. The fraction of sp³-hybridized carbons (Fsp3) is 0.182. The van der Waals surface area contributed by atoms with Crippen molar-refractivity contribution in [2.45, 2.75) is 18.7 Å². The molecule has 0 aliphatic rings. The van der Waals surface area contributed by atoms with Crippen LogP contribution >= 0.6 is 0 Å². The van der Waals surface area contributed by atoms with Gasteiger partial charge >= 0.3 is 0 Å². The minimum Gasteiger partial charge on any atom is -0.494 e. The third kappa shape index (κ3) is 3.98. The largest absolute Gasteiger partial charge is 0.494 e. The van der Waals surface area contributed by atoms with E-state index in [1.807, 2.05) is 68.4 Å². The summed E-state index contributed by atoms with van der Waals surface area (Å²) < 4.78 is 33.5. The van der Waals surface area contributed by atoms with Gasteiger partial charge in [-0.15, -0.1) is 0 Å². The molecule has 0 saturated carbocycles. The van der Waals surface area contributed by atoms with Gasteiger partial charge in [0.1, 0.15) is 5.75 Å². The Morgan fingerprint density at radius 1 is 0.815 bits per heavy atom. The van der Waals surface area contributed by atoms with Crippen LogP contribution in [0.3, 0.4) is 0 Å². The van der Waals surface area contributed by atoms with E-state index in [1.54, 1.807) is 24.3 Å². The molecule has 0 unspecified atom stereocenters. The summed E-state index contributed by atoms with van der Waals surface area (Å²) in [5.74, 6) is 0.657. The Labute approximate surface area is 161 Å². The zero-order valence-electron chi connectivity index (χ0n) is 15.5. The van der Waals surface area contributed by atoms with Gasteiger partial charge in [0.15, 0.2) is 0 Å². The number of ether oxygens (including phenoxy) is 1. The molecule has 0 spiro atoms. The monoisotopic (exact) mass is 381 g/mol. The molecule has 5 heteroatoms. The molecule has 140 valence electrons. The Hall–Kier alpha value is -2.79. The molecule has 0 atom stereocenters. The average molecular weight is 381 g/mol. The highest BCUT2D eigenvalue weighted by Gasteiger charge is 2.25. The van der Waals surface area contributed by atoms with Gasteiger partial charge in [-0.25, -0.2) is 8.42 Å². The van der Waals surface area contributed by atoms with Crippen LogP contribution in [-0.2, 0) is 10.0 Å². The van der Waals surface area contributed by atoms with Gasteiger partial charge in [-0.1, -0.05) is 48.5 Å². The summed E-state index contributed by atoms with van der Waals surface area (Å²) in [6.07, 6.45) is 0. The number of anilines is 1. The van der Waals surface area contributed by atoms with E-state index in [9.17, 15) is 8.42 Å². The molecular formula is C22H23NO3S. The normalized spacial score (nSPS) is 11.2. The SMILES string of the molecule is CCOc1ccc(S(=O)(=O)N(CC)c2ccccc2-c2ccccc2)cc1. The minimum atomic E-state index is -3.69. The van der Waals surface area contributed by atoms with Crippen LogP contribution in [0.5, 0.6) is 5.75 Å². The molecule has 0 bridgehead atoms. The maximum atomic E-state index is 13.3. The van der Waals surface area contributed by atoms with Crippen molar-refractivity contribution in [1.82, 2.24) is 0 Å². The standard InChI is InChI=1S/C22H23NO3S/c1-3-23(27(24,25)20-16-14-19(15-17-20)26-4-2)22-13-9-8-12-21(22)18-10-6-5-7-11-18/h5-17H,3-4H2,1-2H3. The average Bonchev–Trinajstić information content (AvgIpc) is 2.70. The Morgan fingerprint density at radius 2 is 1.44 bits per heavy atom. The van der Waals surface area contributed by atoms with Crippen LogP contribution in [0.15, 0.2) is 83.8 Å². The first-order valence-electron chi connectivity index (χ1n) is 8.98. The van der Waals surface area contributed by atoms with E-state index in [0.717, 1.165) is 11.1 Å². The fourth-order valence-corrected chi connectivity index (χ4v) is 4.52. The number of benzene rings is 3. The lowest BCUT2D eigenvalue weighted by Gasteiger charge is -2.25. The molecule has 4 nitrogen and oxygen atoms in total. The number of nitrogens with zero attached hydrogens (tertiary/aromatic N) is 1. The zero-order chi connectivity index (χ0) is 19.3. The lowest BCUT2D eigenvalue weighted by Crippen LogP contribution is -2.31. The molecule has 0 saturated heterocycles. The first-order valence-corrected chi connectivity index (χ1v) is 10.4. The third-order valence-corrected chi connectivity index (χ3v) is 6.17. The van der Waals surface area contributed by atoms with Gasteiger partial charge in [0.2, 0.25) is 0 Å². The maximum Gasteiger partial charge on any atom is 0.264 e. The molecule has 0 fully saturated rings. The van der Waals surface area contributed by atoms with Gasteiger partial charge < -0.3 is 4.74 Å². The number of para-hydroxylation sites is 1. The summed E-state index contributed by atoms with van der Waals surface area (Å²) in [5, 5.41) is 0. The van der Waals surface area contributed by atoms with Gasteiger partial charge in [-0.2, -0.15) is 0 Å². The highest BCUT2D eigenvalue weighted by Crippen LogP contribution is 2.34. The molecule has 3 aromatic rings. The van der Waals surface area contributed by atoms with Crippen LogP contribution in [0.1, 0.15) is 13.8 Å². The second-order valence-corrected chi connectivity index (χ2v) is 7.82. The lowest BCUT2D eigenvalue weighted by atomic mass is 10.0. The van der Waals surface area contributed by atoms with E-state index in [2.05, 4.69) is 0 Å². The van der Waals surface area contributed by atoms with Crippen LogP contribution < -0.4 is 9.04 Å². The summed E-state index contributed by atoms with van der Waals surface area (Å²) >= 11 is 0. The van der Waals surface area contributed by atoms with Gasteiger partial charge in [-0.05, 0) is 49.7 Å². The molecule has 0 heterocycles. The molecule has 0 aliphatic heterocycles. The molecule has 0 amide bonds. The van der Waals surface area contributed by atoms with Crippen LogP contribution in [-0.4, -0.2) is 21.6 Å². The van der Waals surface area contributed by atoms with E-state index in [0.29, 0.717) is 24.6 Å². The van der Waals surface area contributed by atoms with E-state index >= 15 is 0 Å². The van der Waals surface area contributed by atoms with Crippen molar-refractivity contribution < 1.29 is 13.2 Å². The van der Waals surface area contributed by atoms with E-state index < -0.39 is 10.0 Å². The lowest BCUT2D eigenvalue weighted by molar-refractivity contribution is 0.340. The number of hydrogen-bond acceptors (Lipinski definition) is 3. The topological polar surface area (TPSA) is 46.6 Å². The van der Waals surface area contributed by atoms with Gasteiger partial charge in [0.25, 0.3) is 10.0 Å². The smallest absolute Gasteiger partial charge is 0.264 e. The van der Waals surface area contributed by atoms with E-state index in [-0.39, 0.29) is 4.90 Å². The van der Waals surface area contributed by atoms with Gasteiger partial charge in [-0.3, -0.25) is 4.31 Å². The Balaban J connectivity index is 2.05. The first kappa shape index (κ1) is 19.0. The van der Waals surface area contributed by atoms with Gasteiger partial charge in [0, 0.05) is 12.1 Å². The van der Waals surface area contributed by atoms with E-state index in [4.69, 9.17) is 4.74 Å². The van der Waals surface area contributed by atoms with Crippen LogP contribution in [0.2, 0.25) is 0 Å². The van der Waals surface area contributed by atoms with Crippen molar-refractivity contribution in [3.63, 3.8) is 0 Å². The minimum absolute atomic E-state index is 0.246. The Morgan fingerprint density at radius 3 is 2.07 bits per heavy atom. The number of sulfonamides is 1. The van der Waals surface area contributed by atoms with Crippen molar-refractivity contribution in [2.24, 2.45) is 0 Å². The first-order chi connectivity index (χ1) is 13.1. The molecule has 0 radical (unpaired) electrons. The van der Waals surface area contributed by atoms with Crippen LogP contribution in [0, 0.1) is 0 Å². The predicted molar refractivity (Wildman–Crippen MR) is 110 cm³/mol. The quantitative estimate of drug-likeness (QED) is 0.581. The predicted octanol–water partition coefficient (Wildman–Crippen LogP) is 4.97. The molecule has 0 aliphatic carbocycles. The van der Waals surface area contributed by atoms with E-state index in [1.165, 1.54) is 4.31 Å². The van der Waals surface area contributed by atoms with Crippen LogP contribution in [0.25, 0.3) is 11.1 Å². The summed E-state index contributed by atoms with van der Waals surface area (Å²) in [7, 11) is -3.69. The van der Waals surface area contributed by atoms with Crippen molar-refractivity contribution in [1.29, 1.82) is 0 Å².